The van der Waals surface area contributed by atoms with E-state index in [-0.39, 0.29) is 30.4 Å². The lowest BCUT2D eigenvalue weighted by molar-refractivity contribution is 0.0293. The number of rotatable bonds is 7. The van der Waals surface area contributed by atoms with Crippen LogP contribution >= 0.6 is 11.6 Å². The number of hydrogen-bond donors (Lipinski definition) is 2. The Morgan fingerprint density at radius 2 is 2.00 bits per heavy atom. The van der Waals surface area contributed by atoms with Gasteiger partial charge >= 0.3 is 6.09 Å². The van der Waals surface area contributed by atoms with Crippen LogP contribution in [-0.4, -0.2) is 82.1 Å². The Kier molecular flexibility index (Phi) is 7.15. The maximum absolute atomic E-state index is 12.5. The number of carbonyl (C=O) groups excluding carboxylic acids is 1. The van der Waals surface area contributed by atoms with Gasteiger partial charge in [-0.1, -0.05) is 11.6 Å². The fraction of sp³-hybridized carbons (Fsp3) is 0.462. The van der Waals surface area contributed by atoms with Gasteiger partial charge < -0.3 is 29.9 Å². The molecule has 206 valence electrons. The van der Waals surface area contributed by atoms with Crippen LogP contribution in [-0.2, 0) is 9.47 Å². The highest BCUT2D eigenvalue weighted by Gasteiger charge is 2.27. The molecular weight excluding hydrogens is 536 g/mol. The number of fused-ring (bicyclic) bond motifs is 1. The van der Waals surface area contributed by atoms with E-state index in [0.29, 0.717) is 72.3 Å². The fourth-order valence-corrected chi connectivity index (χ4v) is 5.08. The molecule has 6 rings (SSSR count). The predicted octanol–water partition coefficient (Wildman–Crippen LogP) is 3.28. The molecule has 2 aromatic heterocycles. The number of imidazole rings is 1. The molecule has 2 aliphatic heterocycles. The Morgan fingerprint density at radius 3 is 2.70 bits per heavy atom. The van der Waals surface area contributed by atoms with Gasteiger partial charge in [-0.3, -0.25) is 0 Å². The molecule has 3 fully saturated rings. The molecule has 1 aromatic carbocycles. The first-order valence-electron chi connectivity index (χ1n) is 13.2. The molecule has 0 radical (unpaired) electrons. The van der Waals surface area contributed by atoms with E-state index >= 15 is 0 Å². The minimum Gasteiger partial charge on any atom is -0.447 e. The van der Waals surface area contributed by atoms with Crippen molar-refractivity contribution in [1.29, 1.82) is 10.5 Å². The van der Waals surface area contributed by atoms with Crippen LogP contribution in [0.3, 0.4) is 0 Å². The minimum absolute atomic E-state index is 0.0192. The molecule has 1 saturated carbocycles. The minimum atomic E-state index is -0.353. The third-order valence-electron chi connectivity index (χ3n) is 7.12. The van der Waals surface area contributed by atoms with E-state index < -0.39 is 0 Å². The molecule has 3 aliphatic rings. The lowest BCUT2D eigenvalue weighted by Gasteiger charge is -2.36. The number of nitrogens with zero attached hydrogens (tertiary/aromatic N) is 8. The van der Waals surface area contributed by atoms with Gasteiger partial charge in [-0.05, 0) is 37.8 Å². The number of benzene rings is 1. The third kappa shape index (κ3) is 5.39. The summed E-state index contributed by atoms with van der Waals surface area (Å²) in [5.74, 6) is 0.712. The normalized spacial score (nSPS) is 18.8. The van der Waals surface area contributed by atoms with Crippen LogP contribution in [0.4, 0.5) is 27.9 Å². The Balaban J connectivity index is 1.20. The molecule has 40 heavy (non-hydrogen) atoms. The van der Waals surface area contributed by atoms with Crippen LogP contribution in [0.1, 0.15) is 36.9 Å². The Bertz CT molecular complexity index is 1510. The molecule has 0 spiro atoms. The van der Waals surface area contributed by atoms with Crippen LogP contribution in [0.2, 0.25) is 5.02 Å². The number of amides is 1. The van der Waals surface area contributed by atoms with Crippen LogP contribution in [0.15, 0.2) is 18.3 Å². The zero-order valence-electron chi connectivity index (χ0n) is 21.6. The van der Waals surface area contributed by atoms with Crippen molar-refractivity contribution in [2.75, 3.05) is 54.9 Å². The highest BCUT2D eigenvalue weighted by atomic mass is 35.5. The van der Waals surface area contributed by atoms with E-state index in [1.54, 1.807) is 17.0 Å². The van der Waals surface area contributed by atoms with Crippen molar-refractivity contribution in [3.8, 4) is 12.1 Å². The molecule has 2 N–H and O–H groups in total. The average molecular weight is 563 g/mol. The van der Waals surface area contributed by atoms with Gasteiger partial charge in [0.1, 0.15) is 12.7 Å². The molecule has 1 atom stereocenters. The quantitative estimate of drug-likeness (QED) is 0.435. The summed E-state index contributed by atoms with van der Waals surface area (Å²) in [6.45, 7) is 2.92. The van der Waals surface area contributed by atoms with E-state index in [4.69, 9.17) is 21.1 Å². The van der Waals surface area contributed by atoms with Crippen LogP contribution < -0.4 is 15.5 Å². The number of nitriles is 2. The molecule has 4 heterocycles. The zero-order chi connectivity index (χ0) is 27.6. The number of nitrogens with one attached hydrogen (secondary N) is 2. The Labute approximate surface area is 235 Å². The number of aromatic nitrogens is 4. The summed E-state index contributed by atoms with van der Waals surface area (Å²) < 4.78 is 12.4. The Morgan fingerprint density at radius 1 is 1.18 bits per heavy atom. The maximum Gasteiger partial charge on any atom is 0.409 e. The van der Waals surface area contributed by atoms with Crippen molar-refractivity contribution in [3.05, 3.63) is 34.6 Å². The van der Waals surface area contributed by atoms with Gasteiger partial charge in [0.2, 0.25) is 5.95 Å². The molecule has 0 bridgehead atoms. The Hall–Kier alpha value is -4.33. The lowest BCUT2D eigenvalue weighted by Crippen LogP contribution is -2.49. The predicted molar refractivity (Wildman–Crippen MR) is 146 cm³/mol. The first kappa shape index (κ1) is 25.9. The van der Waals surface area contributed by atoms with Crippen molar-refractivity contribution in [3.63, 3.8) is 0 Å². The van der Waals surface area contributed by atoms with Gasteiger partial charge in [0.25, 0.3) is 0 Å². The summed E-state index contributed by atoms with van der Waals surface area (Å²) in [6, 6.07) is 7.94. The van der Waals surface area contributed by atoms with Gasteiger partial charge in [-0.2, -0.15) is 20.0 Å². The SMILES string of the molecule is N#Cc1cc(Nc2nc(NC3CC3)c3ncc(C#N)n3n2)c(Cl)c(N2CCN(C(=O)OCC3CCCO3)CC2)c1. The van der Waals surface area contributed by atoms with Crippen LogP contribution in [0.5, 0.6) is 0 Å². The second-order valence-corrected chi connectivity index (χ2v) is 10.4. The molecular formula is C26H27ClN10O3. The average Bonchev–Trinajstić information content (AvgIpc) is 3.45. The summed E-state index contributed by atoms with van der Waals surface area (Å²) in [6.07, 6.45) is 5.04. The summed E-state index contributed by atoms with van der Waals surface area (Å²) in [7, 11) is 0. The van der Waals surface area contributed by atoms with Gasteiger partial charge in [0.05, 0.1) is 40.3 Å². The van der Waals surface area contributed by atoms with E-state index in [1.807, 2.05) is 4.90 Å². The van der Waals surface area contributed by atoms with E-state index in [2.05, 4.69) is 37.8 Å². The fourth-order valence-electron chi connectivity index (χ4n) is 4.80. The summed E-state index contributed by atoms with van der Waals surface area (Å²) in [4.78, 5) is 25.1. The van der Waals surface area contributed by atoms with Gasteiger partial charge in [-0.25, -0.2) is 9.78 Å². The second kappa shape index (κ2) is 11.0. The second-order valence-electron chi connectivity index (χ2n) is 9.97. The van der Waals surface area contributed by atoms with Crippen molar-refractivity contribution in [1.82, 2.24) is 24.5 Å². The smallest absolute Gasteiger partial charge is 0.409 e. The highest BCUT2D eigenvalue weighted by molar-refractivity contribution is 6.36. The summed E-state index contributed by atoms with van der Waals surface area (Å²) in [5.41, 5.74) is 2.23. The van der Waals surface area contributed by atoms with E-state index in [0.717, 1.165) is 25.7 Å². The highest BCUT2D eigenvalue weighted by Crippen LogP contribution is 2.37. The van der Waals surface area contributed by atoms with Crippen molar-refractivity contribution in [2.45, 2.75) is 37.8 Å². The first-order valence-corrected chi connectivity index (χ1v) is 13.6. The van der Waals surface area contributed by atoms with Gasteiger partial charge in [0, 0.05) is 38.8 Å². The van der Waals surface area contributed by atoms with Gasteiger partial charge in [0.15, 0.2) is 17.2 Å². The number of halogens is 1. The van der Waals surface area contributed by atoms with Gasteiger partial charge in [-0.15, -0.1) is 5.10 Å². The number of carbonyl (C=O) groups is 1. The maximum atomic E-state index is 12.5. The van der Waals surface area contributed by atoms with Crippen molar-refractivity contribution in [2.24, 2.45) is 0 Å². The van der Waals surface area contributed by atoms with Crippen LogP contribution in [0.25, 0.3) is 5.65 Å². The number of piperazine rings is 1. The van der Waals surface area contributed by atoms with Crippen molar-refractivity contribution >= 4 is 46.5 Å². The summed E-state index contributed by atoms with van der Waals surface area (Å²) in [5, 5.41) is 30.5. The number of hydrogen-bond acceptors (Lipinski definition) is 11. The molecule has 1 aliphatic carbocycles. The number of anilines is 4. The van der Waals surface area contributed by atoms with Crippen molar-refractivity contribution < 1.29 is 14.3 Å². The largest absolute Gasteiger partial charge is 0.447 e. The lowest BCUT2D eigenvalue weighted by atomic mass is 10.1. The van der Waals surface area contributed by atoms with E-state index in [9.17, 15) is 15.3 Å². The first-order chi connectivity index (χ1) is 19.5. The molecule has 2 saturated heterocycles. The summed E-state index contributed by atoms with van der Waals surface area (Å²) >= 11 is 6.86. The molecule has 14 heteroatoms. The van der Waals surface area contributed by atoms with Crippen LogP contribution in [0, 0.1) is 22.7 Å². The molecule has 3 aromatic rings. The molecule has 1 unspecified atom stereocenters. The standard InChI is InChI=1S/C26H27ClN10O3/c27-22-20(32-25-33-23(31-17-3-4-17)24-30-14-18(13-29)37(24)34-25)10-16(12-28)11-21(22)35-5-7-36(8-6-35)26(38)40-15-19-2-1-9-39-19/h10-11,14,17,19H,1-9,15H2,(H2,31,32,33,34). The molecule has 13 nitrogen and oxygen atoms in total. The number of ether oxygens (including phenoxy) is 2. The third-order valence-corrected chi connectivity index (χ3v) is 7.52. The van der Waals surface area contributed by atoms with E-state index in [1.165, 1.54) is 10.7 Å². The topological polar surface area (TPSA) is 157 Å². The monoisotopic (exact) mass is 562 g/mol. The molecule has 1 amide bonds. The zero-order valence-corrected chi connectivity index (χ0v) is 22.4.